The van der Waals surface area contributed by atoms with E-state index in [0.717, 1.165) is 33.6 Å². The molecule has 2 aromatic rings. The van der Waals surface area contributed by atoms with Crippen LogP contribution in [0.5, 0.6) is 0 Å². The smallest absolute Gasteiger partial charge is 0.325 e. The Hall–Kier alpha value is -2.80. The molecular formula is C18H16N2O4S. The highest BCUT2D eigenvalue weighted by molar-refractivity contribution is 8.18. The molecule has 128 valence electrons. The first-order valence-corrected chi connectivity index (χ1v) is 8.38. The minimum Gasteiger partial charge on any atom is -0.468 e. The Morgan fingerprint density at radius 2 is 2.04 bits per heavy atom. The molecule has 6 nitrogen and oxygen atoms in total. The number of nitrogens with zero attached hydrogens (tertiary/aromatic N) is 2. The molecule has 0 saturated carbocycles. The Balaban J connectivity index is 1.90. The molecule has 1 aliphatic rings. The molecule has 1 saturated heterocycles. The summed E-state index contributed by atoms with van der Waals surface area (Å²) in [6, 6.07) is 11.7. The lowest BCUT2D eigenvalue weighted by Crippen LogP contribution is -2.34. The molecule has 0 radical (unpaired) electrons. The van der Waals surface area contributed by atoms with E-state index in [1.165, 1.54) is 7.11 Å². The van der Waals surface area contributed by atoms with Crippen LogP contribution in [0.15, 0.2) is 47.5 Å². The molecule has 3 rings (SSSR count). The van der Waals surface area contributed by atoms with Crippen LogP contribution in [0.1, 0.15) is 11.3 Å². The monoisotopic (exact) mass is 356 g/mol. The van der Waals surface area contributed by atoms with Crippen molar-refractivity contribution in [2.24, 2.45) is 0 Å². The van der Waals surface area contributed by atoms with Crippen molar-refractivity contribution in [1.82, 2.24) is 9.47 Å². The van der Waals surface area contributed by atoms with Gasteiger partial charge in [0, 0.05) is 17.6 Å². The number of esters is 1. The molecule has 0 bridgehead atoms. The maximum atomic E-state index is 12.4. The van der Waals surface area contributed by atoms with Crippen LogP contribution in [0.25, 0.3) is 11.8 Å². The van der Waals surface area contributed by atoms with E-state index in [2.05, 4.69) is 4.74 Å². The van der Waals surface area contributed by atoms with Gasteiger partial charge in [-0.1, -0.05) is 12.1 Å². The van der Waals surface area contributed by atoms with Gasteiger partial charge in [-0.2, -0.15) is 0 Å². The van der Waals surface area contributed by atoms with E-state index >= 15 is 0 Å². The van der Waals surface area contributed by atoms with Gasteiger partial charge in [0.25, 0.3) is 11.1 Å². The number of amides is 2. The van der Waals surface area contributed by atoms with E-state index in [1.807, 2.05) is 54.1 Å². The average molecular weight is 356 g/mol. The van der Waals surface area contributed by atoms with Crippen molar-refractivity contribution in [3.05, 3.63) is 58.8 Å². The second kappa shape index (κ2) is 6.98. The molecule has 25 heavy (non-hydrogen) atoms. The van der Waals surface area contributed by atoms with E-state index < -0.39 is 17.1 Å². The summed E-state index contributed by atoms with van der Waals surface area (Å²) in [5.74, 6) is -1.12. The standard InChI is InChI=1S/C18H16N2O4S/c1-12-5-3-6-13(9-12)19-8-4-7-14(19)10-15-17(22)20(18(23)25-15)11-16(21)24-2/h3-10H,11H2,1-2H3. The van der Waals surface area contributed by atoms with Crippen LogP contribution in [-0.2, 0) is 14.3 Å². The largest absolute Gasteiger partial charge is 0.468 e. The van der Waals surface area contributed by atoms with Crippen molar-refractivity contribution < 1.29 is 19.1 Å². The maximum absolute atomic E-state index is 12.4. The van der Waals surface area contributed by atoms with E-state index in [0.29, 0.717) is 0 Å². The van der Waals surface area contributed by atoms with Crippen LogP contribution in [-0.4, -0.2) is 40.2 Å². The quantitative estimate of drug-likeness (QED) is 0.622. The molecular weight excluding hydrogens is 340 g/mol. The summed E-state index contributed by atoms with van der Waals surface area (Å²) in [5.41, 5.74) is 2.86. The van der Waals surface area contributed by atoms with Crippen LogP contribution >= 0.6 is 11.8 Å². The number of hydrogen-bond acceptors (Lipinski definition) is 5. The summed E-state index contributed by atoms with van der Waals surface area (Å²) in [4.78, 5) is 36.9. The third-order valence-electron chi connectivity index (χ3n) is 3.73. The molecule has 0 unspecified atom stereocenters. The SMILES string of the molecule is COC(=O)CN1C(=O)SC(=Cc2cccn2-c2cccc(C)c2)C1=O. The minimum atomic E-state index is -0.633. The van der Waals surface area contributed by atoms with Gasteiger partial charge in [-0.15, -0.1) is 0 Å². The van der Waals surface area contributed by atoms with Gasteiger partial charge in [-0.25, -0.2) is 0 Å². The fourth-order valence-electron chi connectivity index (χ4n) is 2.49. The Bertz CT molecular complexity index is 885. The number of rotatable bonds is 4. The molecule has 1 aromatic carbocycles. The van der Waals surface area contributed by atoms with Gasteiger partial charge >= 0.3 is 5.97 Å². The first-order chi connectivity index (χ1) is 12.0. The van der Waals surface area contributed by atoms with Gasteiger partial charge in [0.1, 0.15) is 6.54 Å². The molecule has 1 aliphatic heterocycles. The molecule has 0 spiro atoms. The second-order valence-electron chi connectivity index (χ2n) is 5.49. The number of imide groups is 1. The van der Waals surface area contributed by atoms with Gasteiger partial charge in [0.2, 0.25) is 0 Å². The van der Waals surface area contributed by atoms with Crippen molar-refractivity contribution in [3.63, 3.8) is 0 Å². The van der Waals surface area contributed by atoms with Crippen LogP contribution in [0.3, 0.4) is 0 Å². The summed E-state index contributed by atoms with van der Waals surface area (Å²) in [5, 5.41) is -0.477. The number of carbonyl (C=O) groups is 3. The Morgan fingerprint density at radius 3 is 2.76 bits per heavy atom. The number of hydrogen-bond donors (Lipinski definition) is 0. The summed E-state index contributed by atoms with van der Waals surface area (Å²) >= 11 is 0.817. The molecule has 1 fully saturated rings. The molecule has 0 N–H and O–H groups in total. The van der Waals surface area contributed by atoms with Gasteiger partial charge < -0.3 is 9.30 Å². The second-order valence-corrected chi connectivity index (χ2v) is 6.48. The minimum absolute atomic E-state index is 0.279. The first kappa shape index (κ1) is 17.0. The van der Waals surface area contributed by atoms with Gasteiger partial charge in [0.05, 0.1) is 12.0 Å². The average Bonchev–Trinajstić information content (AvgIpc) is 3.15. The third kappa shape index (κ3) is 3.51. The lowest BCUT2D eigenvalue weighted by molar-refractivity contribution is -0.143. The van der Waals surface area contributed by atoms with Gasteiger partial charge in [-0.3, -0.25) is 19.3 Å². The maximum Gasteiger partial charge on any atom is 0.325 e. The highest BCUT2D eigenvalue weighted by Crippen LogP contribution is 2.32. The summed E-state index contributed by atoms with van der Waals surface area (Å²) in [6.45, 7) is 1.63. The lowest BCUT2D eigenvalue weighted by Gasteiger charge is -2.10. The zero-order chi connectivity index (χ0) is 18.0. The van der Waals surface area contributed by atoms with Crippen LogP contribution in [0.4, 0.5) is 4.79 Å². The fourth-order valence-corrected chi connectivity index (χ4v) is 3.31. The Labute approximate surface area is 149 Å². The van der Waals surface area contributed by atoms with E-state index in [-0.39, 0.29) is 11.4 Å². The number of aromatic nitrogens is 1. The van der Waals surface area contributed by atoms with E-state index in [1.54, 1.807) is 6.08 Å². The van der Waals surface area contributed by atoms with Crippen LogP contribution in [0, 0.1) is 6.92 Å². The normalized spacial score (nSPS) is 15.9. The van der Waals surface area contributed by atoms with Crippen molar-refractivity contribution in [1.29, 1.82) is 0 Å². The zero-order valence-corrected chi connectivity index (χ0v) is 14.6. The Morgan fingerprint density at radius 1 is 1.24 bits per heavy atom. The first-order valence-electron chi connectivity index (χ1n) is 7.56. The molecule has 1 aromatic heterocycles. The van der Waals surface area contributed by atoms with E-state index in [9.17, 15) is 14.4 Å². The molecule has 2 amide bonds. The third-order valence-corrected chi connectivity index (χ3v) is 4.63. The molecule has 7 heteroatoms. The zero-order valence-electron chi connectivity index (χ0n) is 13.8. The van der Waals surface area contributed by atoms with Crippen molar-refractivity contribution in [2.45, 2.75) is 6.92 Å². The number of benzene rings is 1. The van der Waals surface area contributed by atoms with Crippen molar-refractivity contribution in [3.8, 4) is 5.69 Å². The summed E-state index contributed by atoms with van der Waals surface area (Å²) in [6.07, 6.45) is 3.55. The highest BCUT2D eigenvalue weighted by Gasteiger charge is 2.36. The predicted molar refractivity (Wildman–Crippen MR) is 95.2 cm³/mol. The van der Waals surface area contributed by atoms with Crippen LogP contribution < -0.4 is 0 Å². The lowest BCUT2D eigenvalue weighted by atomic mass is 10.2. The van der Waals surface area contributed by atoms with Crippen molar-refractivity contribution in [2.75, 3.05) is 13.7 Å². The van der Waals surface area contributed by atoms with Crippen molar-refractivity contribution >= 4 is 35.0 Å². The predicted octanol–water partition coefficient (Wildman–Crippen LogP) is 3.00. The van der Waals surface area contributed by atoms with Gasteiger partial charge in [-0.05, 0) is 54.6 Å². The van der Waals surface area contributed by atoms with E-state index in [4.69, 9.17) is 0 Å². The molecule has 2 heterocycles. The summed E-state index contributed by atoms with van der Waals surface area (Å²) < 4.78 is 6.45. The summed E-state index contributed by atoms with van der Waals surface area (Å²) in [7, 11) is 1.21. The highest BCUT2D eigenvalue weighted by atomic mass is 32.2. The number of carbonyl (C=O) groups excluding carboxylic acids is 3. The van der Waals surface area contributed by atoms with Gasteiger partial charge in [0.15, 0.2) is 0 Å². The fraction of sp³-hybridized carbons (Fsp3) is 0.167. The number of aryl methyl sites for hydroxylation is 1. The number of thioether (sulfide) groups is 1. The topological polar surface area (TPSA) is 68.6 Å². The Kier molecular flexibility index (Phi) is 4.76. The van der Waals surface area contributed by atoms with Crippen LogP contribution in [0.2, 0.25) is 0 Å². The number of ether oxygens (including phenoxy) is 1. The molecule has 0 aliphatic carbocycles. The number of methoxy groups -OCH3 is 1. The molecule has 0 atom stereocenters.